The number of carbonyl (C=O) groups is 3. The minimum Gasteiger partial charge on any atom is -0.790 e. The van der Waals surface area contributed by atoms with Crippen molar-refractivity contribution in [2.75, 3.05) is 32.5 Å². The molecule has 0 rings (SSSR count). The summed E-state index contributed by atoms with van der Waals surface area (Å²) in [6.07, 6.45) is -1.62. The molecule has 10 nitrogen and oxygen atoms in total. The van der Waals surface area contributed by atoms with Crippen LogP contribution in [-0.4, -0.2) is 65.5 Å². The van der Waals surface area contributed by atoms with Crippen LogP contribution in [0, 0.1) is 5.41 Å². The van der Waals surface area contributed by atoms with Gasteiger partial charge in [-0.15, -0.1) is 0 Å². The molecule has 28 heavy (non-hydrogen) atoms. The Hall–Kier alpha value is 1.03. The summed E-state index contributed by atoms with van der Waals surface area (Å²) in [6, 6.07) is 0. The van der Waals surface area contributed by atoms with Crippen molar-refractivity contribution in [3.05, 3.63) is 0 Å². The van der Waals surface area contributed by atoms with Crippen LogP contribution in [0.4, 0.5) is 0 Å². The van der Waals surface area contributed by atoms with Gasteiger partial charge in [-0.25, -0.2) is 0 Å². The second-order valence-electron chi connectivity index (χ2n) is 6.31. The van der Waals surface area contributed by atoms with E-state index in [9.17, 15) is 33.8 Å². The van der Waals surface area contributed by atoms with E-state index in [0.29, 0.717) is 12.3 Å². The Kier molecular flexibility index (Phi) is 19.0. The van der Waals surface area contributed by atoms with E-state index in [1.165, 1.54) is 27.8 Å². The zero-order valence-electron chi connectivity index (χ0n) is 17.2. The summed E-state index contributed by atoms with van der Waals surface area (Å²) in [5.41, 5.74) is -1.32. The fourth-order valence-corrected chi connectivity index (χ4v) is 2.70. The molecule has 0 fully saturated rings. The first-order chi connectivity index (χ1) is 11.8. The summed E-state index contributed by atoms with van der Waals surface area (Å²) in [7, 11) is -3.83. The average molecular weight is 458 g/mol. The van der Waals surface area contributed by atoms with E-state index in [4.69, 9.17) is 0 Å². The van der Waals surface area contributed by atoms with Crippen LogP contribution in [0.5, 0.6) is 0 Å². The molecule has 0 bridgehead atoms. The van der Waals surface area contributed by atoms with Gasteiger partial charge in [0.05, 0.1) is 14.4 Å². The van der Waals surface area contributed by atoms with Gasteiger partial charge in [-0.3, -0.25) is 14.4 Å². The molecule has 0 aromatic carbocycles. The van der Waals surface area contributed by atoms with Crippen LogP contribution in [0.2, 0.25) is 0 Å². The topological polar surface area (TPSA) is 159 Å². The number of amides is 2. The zero-order chi connectivity index (χ0) is 20.5. The maximum atomic E-state index is 12.2. The Balaban J connectivity index is -0.00000312. The summed E-state index contributed by atoms with van der Waals surface area (Å²) >= 11 is 1.09. The molecule has 14 heteroatoms. The number of phosphoric ester groups is 1. The number of nitrogens with one attached hydrogen (secondary N) is 1. The van der Waals surface area contributed by atoms with Crippen molar-refractivity contribution in [3.63, 3.8) is 0 Å². The van der Waals surface area contributed by atoms with Crippen LogP contribution in [0.3, 0.4) is 0 Å². The van der Waals surface area contributed by atoms with Gasteiger partial charge in [0.15, 0.2) is 5.12 Å². The molecule has 0 heterocycles. The third-order valence-corrected chi connectivity index (χ3v) is 4.61. The van der Waals surface area contributed by atoms with Crippen molar-refractivity contribution < 1.29 is 97.5 Å². The molecule has 0 aliphatic carbocycles. The van der Waals surface area contributed by atoms with Crippen molar-refractivity contribution in [1.82, 2.24) is 10.2 Å². The van der Waals surface area contributed by atoms with Gasteiger partial charge in [-0.2, -0.15) is 0 Å². The van der Waals surface area contributed by atoms with Crippen molar-refractivity contribution >= 4 is 36.5 Å². The van der Waals surface area contributed by atoms with E-state index in [1.54, 1.807) is 0 Å². The number of hydrogen-bond acceptors (Lipinski definition) is 9. The maximum Gasteiger partial charge on any atom is 1.00 e. The van der Waals surface area contributed by atoms with Gasteiger partial charge in [0, 0.05) is 44.6 Å². The third kappa shape index (κ3) is 15.8. The van der Waals surface area contributed by atoms with Gasteiger partial charge < -0.3 is 34.2 Å². The van der Waals surface area contributed by atoms with Crippen LogP contribution >= 0.6 is 19.6 Å². The van der Waals surface area contributed by atoms with Gasteiger partial charge in [-0.1, -0.05) is 25.6 Å². The number of carbonyl (C=O) groups excluding carboxylic acids is 3. The van der Waals surface area contributed by atoms with Crippen LogP contribution < -0.4 is 74.2 Å². The SMILES string of the molecule is CC(=O)SCCNC(=O)CCN(C)C(=O)[C@H](O)C(C)(C)COP(=O)([O-])[O-].[Na+].[Na+]. The smallest absolute Gasteiger partial charge is 0.790 e. The molecule has 0 unspecified atom stereocenters. The molecular weight excluding hydrogens is 433 g/mol. The number of thioether (sulfide) groups is 1. The van der Waals surface area contributed by atoms with Gasteiger partial charge in [-0.05, 0) is 0 Å². The molecule has 0 spiro atoms. The van der Waals surface area contributed by atoms with Crippen LogP contribution in [-0.2, 0) is 23.5 Å². The van der Waals surface area contributed by atoms with Crippen molar-refractivity contribution in [2.45, 2.75) is 33.3 Å². The maximum absolute atomic E-state index is 12.2. The summed E-state index contributed by atoms with van der Waals surface area (Å²) in [5, 5.41) is 12.7. The Bertz CT molecular complexity index is 561. The normalized spacial score (nSPS) is 12.2. The fourth-order valence-electron chi connectivity index (χ4n) is 1.72. The Morgan fingerprint density at radius 2 is 1.82 bits per heavy atom. The molecule has 1 atom stereocenters. The number of aliphatic hydroxyl groups is 1. The number of hydrogen-bond donors (Lipinski definition) is 2. The summed E-state index contributed by atoms with van der Waals surface area (Å²) in [6.45, 7) is 3.87. The summed E-state index contributed by atoms with van der Waals surface area (Å²) in [4.78, 5) is 56.8. The van der Waals surface area contributed by atoms with Crippen molar-refractivity contribution in [1.29, 1.82) is 0 Å². The number of rotatable bonds is 11. The number of aliphatic hydroxyl groups excluding tert-OH is 1. The van der Waals surface area contributed by atoms with Crippen molar-refractivity contribution in [3.8, 4) is 0 Å². The second-order valence-corrected chi connectivity index (χ2v) is 8.74. The number of nitrogens with zero attached hydrogens (tertiary/aromatic N) is 1. The van der Waals surface area contributed by atoms with Gasteiger partial charge >= 0.3 is 59.1 Å². The standard InChI is InChI=1S/C14H27N2O8PS.2Na/c1-10(17)26-8-6-15-11(18)5-7-16(4)13(20)12(19)14(2,3)9-24-25(21,22)23;;/h12,19H,5-9H2,1-4H3,(H,15,18)(H2,21,22,23);;/q;2*+1/p-2/t12-;;/m0../s1. The minimum absolute atomic E-state index is 0. The Labute approximate surface area is 213 Å². The molecule has 152 valence electrons. The van der Waals surface area contributed by atoms with E-state index < -0.39 is 31.9 Å². The van der Waals surface area contributed by atoms with Crippen LogP contribution in [0.25, 0.3) is 0 Å². The summed E-state index contributed by atoms with van der Waals surface area (Å²) in [5.74, 6) is -0.596. The van der Waals surface area contributed by atoms with Gasteiger partial charge in [0.25, 0.3) is 5.91 Å². The molecule has 2 N–H and O–H groups in total. The largest absolute Gasteiger partial charge is 1.00 e. The molecular formula is C14H25N2Na2O8PS. The zero-order valence-corrected chi connectivity index (χ0v) is 22.9. The van der Waals surface area contributed by atoms with Crippen LogP contribution in [0.1, 0.15) is 27.2 Å². The second kappa shape index (κ2) is 15.8. The number of phosphoric acid groups is 1. The minimum atomic E-state index is -5.21. The van der Waals surface area contributed by atoms with E-state index in [1.807, 2.05) is 0 Å². The average Bonchev–Trinajstić information content (AvgIpc) is 2.52. The molecule has 2 amide bonds. The van der Waals surface area contributed by atoms with E-state index in [-0.39, 0.29) is 83.1 Å². The Morgan fingerprint density at radius 1 is 1.29 bits per heavy atom. The van der Waals surface area contributed by atoms with E-state index in [2.05, 4.69) is 9.84 Å². The van der Waals surface area contributed by atoms with Crippen LogP contribution in [0.15, 0.2) is 0 Å². The fraction of sp³-hybridized carbons (Fsp3) is 0.786. The molecule has 0 saturated heterocycles. The quantitative estimate of drug-likeness (QED) is 0.174. The number of likely N-dealkylation sites (N-methyl/N-ethyl adjacent to an activating group) is 1. The predicted molar refractivity (Wildman–Crippen MR) is 91.7 cm³/mol. The first kappa shape index (κ1) is 33.7. The molecule has 0 saturated carbocycles. The van der Waals surface area contributed by atoms with E-state index >= 15 is 0 Å². The van der Waals surface area contributed by atoms with Gasteiger partial charge in [0.1, 0.15) is 6.10 Å². The van der Waals surface area contributed by atoms with Gasteiger partial charge in [0.2, 0.25) is 5.91 Å². The monoisotopic (exact) mass is 458 g/mol. The first-order valence-electron chi connectivity index (χ1n) is 7.76. The predicted octanol–water partition coefficient (Wildman–Crippen LogP) is -7.53. The molecule has 0 radical (unpaired) electrons. The van der Waals surface area contributed by atoms with E-state index in [0.717, 1.165) is 16.7 Å². The molecule has 0 aromatic heterocycles. The third-order valence-electron chi connectivity index (χ3n) is 3.35. The molecule has 0 aliphatic rings. The molecule has 0 aliphatic heterocycles. The Morgan fingerprint density at radius 3 is 2.29 bits per heavy atom. The van der Waals surface area contributed by atoms with Crippen molar-refractivity contribution in [2.24, 2.45) is 5.41 Å². The first-order valence-corrected chi connectivity index (χ1v) is 10.2. The summed E-state index contributed by atoms with van der Waals surface area (Å²) < 4.78 is 14.7. The molecule has 0 aromatic rings.